The fourth-order valence-corrected chi connectivity index (χ4v) is 6.44. The number of anilines is 1. The molecule has 3 amide bonds. The Bertz CT molecular complexity index is 1190. The largest absolute Gasteiger partial charge is 0.343 e. The summed E-state index contributed by atoms with van der Waals surface area (Å²) in [5, 5.41) is 1.34. The highest BCUT2D eigenvalue weighted by Crippen LogP contribution is 2.27. The van der Waals surface area contributed by atoms with Gasteiger partial charge in [-0.3, -0.25) is 14.4 Å². The van der Waals surface area contributed by atoms with E-state index in [1.807, 2.05) is 63.2 Å². The van der Waals surface area contributed by atoms with Gasteiger partial charge in [-0.25, -0.2) is 0 Å². The number of rotatable bonds is 11. The molecule has 228 valence electrons. The average molecular weight is 616 g/mol. The van der Waals surface area contributed by atoms with Crippen molar-refractivity contribution in [1.82, 2.24) is 14.7 Å². The van der Waals surface area contributed by atoms with Crippen LogP contribution in [0.15, 0.2) is 48.5 Å². The Morgan fingerprint density at radius 3 is 2.10 bits per heavy atom. The molecule has 0 spiro atoms. The Balaban J connectivity index is 1.26. The first-order chi connectivity index (χ1) is 20.2. The molecule has 2 fully saturated rings. The number of hydrogen-bond donors (Lipinski definition) is 0. The minimum atomic E-state index is -0.0949. The molecular formula is C33H44Cl2N4O3. The number of halogens is 2. The second kappa shape index (κ2) is 15.7. The van der Waals surface area contributed by atoms with Gasteiger partial charge >= 0.3 is 0 Å². The standard InChI is InChI=1S/C33H44Cl2N4O3/c1-3-37(21-12-26-8-10-29(34)11-9-26)32(41)27-13-19-36(20-14-27)17-5-18-39(31-7-4-6-30(35)24-31)33(42)28-15-22-38(23-16-28)25(2)40/h4,6-11,24,27-28H,3,5,12-23H2,1-2H3. The molecule has 0 bridgehead atoms. The minimum absolute atomic E-state index is 0.0665. The number of likely N-dealkylation sites (N-methyl/N-ethyl adjacent to an activating group) is 1. The third-order valence-corrected chi connectivity index (χ3v) is 9.23. The smallest absolute Gasteiger partial charge is 0.230 e. The Hall–Kier alpha value is -2.61. The lowest BCUT2D eigenvalue weighted by molar-refractivity contribution is -0.137. The molecule has 0 radical (unpaired) electrons. The van der Waals surface area contributed by atoms with Crippen molar-refractivity contribution in [3.63, 3.8) is 0 Å². The fourth-order valence-electron chi connectivity index (χ4n) is 6.13. The fraction of sp³-hybridized carbons (Fsp3) is 0.545. The number of benzene rings is 2. The van der Waals surface area contributed by atoms with E-state index in [2.05, 4.69) is 11.8 Å². The van der Waals surface area contributed by atoms with E-state index in [1.54, 1.807) is 6.92 Å². The molecule has 2 heterocycles. The molecular weight excluding hydrogens is 571 g/mol. The van der Waals surface area contributed by atoms with Crippen molar-refractivity contribution in [2.75, 3.05) is 57.3 Å². The number of nitrogens with zero attached hydrogens (tertiary/aromatic N) is 4. The molecule has 0 aromatic heterocycles. The van der Waals surface area contributed by atoms with Crippen LogP contribution in [0.5, 0.6) is 0 Å². The maximum Gasteiger partial charge on any atom is 0.230 e. The molecule has 2 aliphatic heterocycles. The van der Waals surface area contributed by atoms with Gasteiger partial charge in [-0.1, -0.05) is 41.4 Å². The molecule has 2 aromatic carbocycles. The zero-order chi connectivity index (χ0) is 30.1. The molecule has 2 saturated heterocycles. The maximum absolute atomic E-state index is 13.7. The molecule has 2 aliphatic rings. The van der Waals surface area contributed by atoms with Gasteiger partial charge in [0.05, 0.1) is 0 Å². The van der Waals surface area contributed by atoms with E-state index < -0.39 is 0 Å². The molecule has 4 rings (SSSR count). The van der Waals surface area contributed by atoms with Gasteiger partial charge in [0.25, 0.3) is 0 Å². The average Bonchev–Trinajstić information content (AvgIpc) is 3.00. The van der Waals surface area contributed by atoms with Crippen LogP contribution in [0.2, 0.25) is 10.0 Å². The first kappa shape index (κ1) is 32.3. The van der Waals surface area contributed by atoms with Crippen molar-refractivity contribution < 1.29 is 14.4 Å². The van der Waals surface area contributed by atoms with Crippen molar-refractivity contribution >= 4 is 46.6 Å². The van der Waals surface area contributed by atoms with Gasteiger partial charge in [-0.15, -0.1) is 0 Å². The summed E-state index contributed by atoms with van der Waals surface area (Å²) in [6.07, 6.45) is 4.76. The molecule has 9 heteroatoms. The van der Waals surface area contributed by atoms with Crippen LogP contribution in [0.25, 0.3) is 0 Å². The minimum Gasteiger partial charge on any atom is -0.343 e. The van der Waals surface area contributed by atoms with Gasteiger partial charge in [0.1, 0.15) is 0 Å². The number of carbonyl (C=O) groups excluding carboxylic acids is 3. The second-order valence-electron chi connectivity index (χ2n) is 11.5. The number of amides is 3. The van der Waals surface area contributed by atoms with Crippen molar-refractivity contribution in [1.29, 1.82) is 0 Å². The zero-order valence-electron chi connectivity index (χ0n) is 24.9. The lowest BCUT2D eigenvalue weighted by atomic mass is 9.94. The molecule has 2 aromatic rings. The molecule has 42 heavy (non-hydrogen) atoms. The van der Waals surface area contributed by atoms with Crippen molar-refractivity contribution in [2.24, 2.45) is 11.8 Å². The monoisotopic (exact) mass is 614 g/mol. The quantitative estimate of drug-likeness (QED) is 0.322. The van der Waals surface area contributed by atoms with E-state index in [9.17, 15) is 14.4 Å². The van der Waals surface area contributed by atoms with Gasteiger partial charge in [-0.05, 0) is 101 Å². The van der Waals surface area contributed by atoms with Crippen LogP contribution in [0.1, 0.15) is 51.5 Å². The summed E-state index contributed by atoms with van der Waals surface area (Å²) in [6.45, 7) is 9.59. The van der Waals surface area contributed by atoms with Crippen LogP contribution in [0, 0.1) is 11.8 Å². The van der Waals surface area contributed by atoms with E-state index in [4.69, 9.17) is 23.2 Å². The summed E-state index contributed by atoms with van der Waals surface area (Å²) in [4.78, 5) is 46.8. The van der Waals surface area contributed by atoms with Gasteiger partial charge in [0, 0.05) is 67.2 Å². The van der Waals surface area contributed by atoms with E-state index in [0.29, 0.717) is 44.0 Å². The maximum atomic E-state index is 13.7. The summed E-state index contributed by atoms with van der Waals surface area (Å²) in [5.74, 6) is 0.417. The van der Waals surface area contributed by atoms with Gasteiger partial charge in [-0.2, -0.15) is 0 Å². The van der Waals surface area contributed by atoms with Crippen LogP contribution in [0.4, 0.5) is 5.69 Å². The predicted octanol–water partition coefficient (Wildman–Crippen LogP) is 5.78. The van der Waals surface area contributed by atoms with Gasteiger partial charge in [0.15, 0.2) is 0 Å². The van der Waals surface area contributed by atoms with Crippen molar-refractivity contribution in [3.05, 3.63) is 64.1 Å². The number of carbonyl (C=O) groups is 3. The van der Waals surface area contributed by atoms with Crippen molar-refractivity contribution in [3.8, 4) is 0 Å². The first-order valence-electron chi connectivity index (χ1n) is 15.3. The summed E-state index contributed by atoms with van der Waals surface area (Å²) in [6, 6.07) is 15.3. The Morgan fingerprint density at radius 1 is 0.833 bits per heavy atom. The van der Waals surface area contributed by atoms with E-state index in [0.717, 1.165) is 62.6 Å². The topological polar surface area (TPSA) is 64.2 Å². The first-order valence-corrected chi connectivity index (χ1v) is 16.1. The molecule has 0 unspecified atom stereocenters. The van der Waals surface area contributed by atoms with Crippen LogP contribution in [-0.4, -0.2) is 84.8 Å². The lowest BCUT2D eigenvalue weighted by Gasteiger charge is -2.35. The molecule has 0 saturated carbocycles. The van der Waals surface area contributed by atoms with Crippen molar-refractivity contribution in [2.45, 2.75) is 52.4 Å². The Morgan fingerprint density at radius 2 is 1.48 bits per heavy atom. The SMILES string of the molecule is CCN(CCc1ccc(Cl)cc1)C(=O)C1CCN(CCCN(C(=O)C2CCN(C(C)=O)CC2)c2cccc(Cl)c2)CC1. The highest BCUT2D eigenvalue weighted by Gasteiger charge is 2.31. The van der Waals surface area contributed by atoms with E-state index >= 15 is 0 Å². The third-order valence-electron chi connectivity index (χ3n) is 8.75. The van der Waals surface area contributed by atoms with Crippen LogP contribution in [0.3, 0.4) is 0 Å². The zero-order valence-corrected chi connectivity index (χ0v) is 26.5. The van der Waals surface area contributed by atoms with Crippen LogP contribution >= 0.6 is 23.2 Å². The highest BCUT2D eigenvalue weighted by atomic mass is 35.5. The Kier molecular flexibility index (Phi) is 12.1. The summed E-state index contributed by atoms with van der Waals surface area (Å²) >= 11 is 12.3. The van der Waals surface area contributed by atoms with Crippen LogP contribution < -0.4 is 4.90 Å². The number of hydrogen-bond acceptors (Lipinski definition) is 4. The molecule has 7 nitrogen and oxygen atoms in total. The Labute approximate surface area is 260 Å². The summed E-state index contributed by atoms with van der Waals surface area (Å²) in [7, 11) is 0. The summed E-state index contributed by atoms with van der Waals surface area (Å²) in [5.41, 5.74) is 2.01. The highest BCUT2D eigenvalue weighted by molar-refractivity contribution is 6.31. The predicted molar refractivity (Wildman–Crippen MR) is 170 cm³/mol. The molecule has 0 aliphatic carbocycles. The molecule has 0 atom stereocenters. The van der Waals surface area contributed by atoms with Gasteiger partial charge < -0.3 is 19.6 Å². The lowest BCUT2D eigenvalue weighted by Crippen LogP contribution is -2.45. The normalized spacial score (nSPS) is 16.8. The number of likely N-dealkylation sites (tertiary alicyclic amines) is 2. The summed E-state index contributed by atoms with van der Waals surface area (Å²) < 4.78 is 0. The van der Waals surface area contributed by atoms with Crippen LogP contribution in [-0.2, 0) is 20.8 Å². The number of piperidine rings is 2. The second-order valence-corrected chi connectivity index (χ2v) is 12.4. The van der Waals surface area contributed by atoms with E-state index in [-0.39, 0.29) is 29.6 Å². The van der Waals surface area contributed by atoms with E-state index in [1.165, 1.54) is 5.56 Å². The van der Waals surface area contributed by atoms with Gasteiger partial charge in [0.2, 0.25) is 17.7 Å². The third kappa shape index (κ3) is 8.95. The molecule has 0 N–H and O–H groups in total.